The molecule has 1 aromatic rings. The third-order valence-electron chi connectivity index (χ3n) is 2.20. The van der Waals surface area contributed by atoms with E-state index in [1.54, 1.807) is 0 Å². The molecule has 2 N–H and O–H groups in total. The minimum atomic E-state index is -0.679. The van der Waals surface area contributed by atoms with Gasteiger partial charge in [0.1, 0.15) is 0 Å². The smallest absolute Gasteiger partial charge is 0.311 e. The lowest BCUT2D eigenvalue weighted by Gasteiger charge is -2.08. The molecule has 0 bridgehead atoms. The highest BCUT2D eigenvalue weighted by atomic mass is 16.6. The lowest BCUT2D eigenvalue weighted by molar-refractivity contribution is -0.385. The molecule has 0 unspecified atom stereocenters. The van der Waals surface area contributed by atoms with E-state index in [2.05, 4.69) is 5.32 Å². The highest BCUT2D eigenvalue weighted by molar-refractivity contribution is 5.95. The lowest BCUT2D eigenvalue weighted by Crippen LogP contribution is -2.30. The minimum Gasteiger partial charge on any atom is -0.490 e. The molecule has 18 heavy (non-hydrogen) atoms. The van der Waals surface area contributed by atoms with Crippen molar-refractivity contribution in [1.82, 2.24) is 5.32 Å². The largest absolute Gasteiger partial charge is 0.490 e. The van der Waals surface area contributed by atoms with Crippen LogP contribution in [0.25, 0.3) is 0 Å². The summed E-state index contributed by atoms with van der Waals surface area (Å²) in [4.78, 5) is 21.8. The van der Waals surface area contributed by atoms with Gasteiger partial charge < -0.3 is 15.2 Å². The average Bonchev–Trinajstić information content (AvgIpc) is 2.34. The number of methoxy groups -OCH3 is 1. The lowest BCUT2D eigenvalue weighted by atomic mass is 10.1. The zero-order valence-electron chi connectivity index (χ0n) is 10.0. The Hall–Kier alpha value is -2.15. The Labute approximate surface area is 104 Å². The highest BCUT2D eigenvalue weighted by Gasteiger charge is 2.18. The topological polar surface area (TPSA) is 102 Å². The van der Waals surface area contributed by atoms with Crippen LogP contribution in [0.2, 0.25) is 0 Å². The summed E-state index contributed by atoms with van der Waals surface area (Å²) in [7, 11) is 1.31. The molecule has 1 aromatic carbocycles. The standard InChI is InChI=1S/C11H14N2O5/c1-7(14)6-12-11(15)8-3-4-10(18-2)9(5-8)13(16)17/h3-5,7,14H,6H2,1-2H3,(H,12,15)/t7-/m1/s1. The number of aliphatic hydroxyl groups excluding tert-OH is 1. The van der Waals surface area contributed by atoms with Crippen LogP contribution in [0.4, 0.5) is 5.69 Å². The molecule has 1 atom stereocenters. The van der Waals surface area contributed by atoms with Crippen LogP contribution in [0.1, 0.15) is 17.3 Å². The second kappa shape index (κ2) is 5.97. The van der Waals surface area contributed by atoms with Crippen molar-refractivity contribution in [1.29, 1.82) is 0 Å². The molecular formula is C11H14N2O5. The predicted octanol–water partition coefficient (Wildman–Crippen LogP) is 0.714. The zero-order valence-corrected chi connectivity index (χ0v) is 10.0. The highest BCUT2D eigenvalue weighted by Crippen LogP contribution is 2.27. The number of rotatable bonds is 5. The fourth-order valence-corrected chi connectivity index (χ4v) is 1.32. The Morgan fingerprint density at radius 2 is 2.28 bits per heavy atom. The van der Waals surface area contributed by atoms with E-state index >= 15 is 0 Å². The molecule has 0 saturated carbocycles. The molecule has 0 aliphatic carbocycles. The number of carbonyl (C=O) groups excluding carboxylic acids is 1. The molecule has 0 aliphatic heterocycles. The number of nitro groups is 1. The fraction of sp³-hybridized carbons (Fsp3) is 0.364. The SMILES string of the molecule is COc1ccc(C(=O)NC[C@@H](C)O)cc1[N+](=O)[O-]. The second-order valence-electron chi connectivity index (χ2n) is 3.70. The van der Waals surface area contributed by atoms with E-state index in [4.69, 9.17) is 9.84 Å². The van der Waals surface area contributed by atoms with Crippen molar-refractivity contribution >= 4 is 11.6 Å². The van der Waals surface area contributed by atoms with Gasteiger partial charge in [0.2, 0.25) is 0 Å². The van der Waals surface area contributed by atoms with Crippen LogP contribution in [0.15, 0.2) is 18.2 Å². The summed E-state index contributed by atoms with van der Waals surface area (Å²) < 4.78 is 4.83. The number of aliphatic hydroxyl groups is 1. The van der Waals surface area contributed by atoms with Gasteiger partial charge in [0, 0.05) is 18.2 Å². The monoisotopic (exact) mass is 254 g/mol. The summed E-state index contributed by atoms with van der Waals surface area (Å²) in [6, 6.07) is 3.91. The summed E-state index contributed by atoms with van der Waals surface area (Å²) in [5.74, 6) is -0.395. The molecule has 0 aliphatic rings. The Balaban J connectivity index is 2.94. The van der Waals surface area contributed by atoms with Gasteiger partial charge in [-0.3, -0.25) is 14.9 Å². The van der Waals surface area contributed by atoms with Crippen LogP contribution in [-0.2, 0) is 0 Å². The van der Waals surface area contributed by atoms with E-state index in [0.29, 0.717) is 0 Å². The minimum absolute atomic E-state index is 0.0820. The Bertz CT molecular complexity index is 459. The summed E-state index contributed by atoms with van der Waals surface area (Å²) in [6.07, 6.45) is -0.679. The van der Waals surface area contributed by atoms with Crippen LogP contribution < -0.4 is 10.1 Å². The zero-order chi connectivity index (χ0) is 13.7. The van der Waals surface area contributed by atoms with Crippen LogP contribution in [0.3, 0.4) is 0 Å². The van der Waals surface area contributed by atoms with Gasteiger partial charge in [-0.05, 0) is 19.1 Å². The van der Waals surface area contributed by atoms with Gasteiger partial charge in [-0.2, -0.15) is 0 Å². The number of nitrogens with one attached hydrogen (secondary N) is 1. The maximum absolute atomic E-state index is 11.6. The molecule has 0 fully saturated rings. The van der Waals surface area contributed by atoms with E-state index in [9.17, 15) is 14.9 Å². The molecule has 0 spiro atoms. The number of amides is 1. The maximum atomic E-state index is 11.6. The first-order chi connectivity index (χ1) is 8.45. The Morgan fingerprint density at radius 3 is 2.78 bits per heavy atom. The molecular weight excluding hydrogens is 240 g/mol. The number of benzene rings is 1. The molecule has 7 heteroatoms. The van der Waals surface area contributed by atoms with Crippen molar-refractivity contribution in [2.45, 2.75) is 13.0 Å². The van der Waals surface area contributed by atoms with Crippen molar-refractivity contribution < 1.29 is 19.6 Å². The first-order valence-electron chi connectivity index (χ1n) is 5.24. The van der Waals surface area contributed by atoms with E-state index < -0.39 is 16.9 Å². The fourth-order valence-electron chi connectivity index (χ4n) is 1.32. The molecule has 98 valence electrons. The molecule has 7 nitrogen and oxygen atoms in total. The van der Waals surface area contributed by atoms with Gasteiger partial charge >= 0.3 is 5.69 Å². The molecule has 1 rings (SSSR count). The quantitative estimate of drug-likeness (QED) is 0.595. The van der Waals surface area contributed by atoms with Crippen molar-refractivity contribution in [3.05, 3.63) is 33.9 Å². The van der Waals surface area contributed by atoms with Crippen LogP contribution >= 0.6 is 0 Å². The van der Waals surface area contributed by atoms with Crippen LogP contribution in [0, 0.1) is 10.1 Å². The molecule has 0 radical (unpaired) electrons. The molecule has 1 amide bonds. The summed E-state index contributed by atoms with van der Waals surface area (Å²) in [5.41, 5.74) is -0.134. The first-order valence-corrected chi connectivity index (χ1v) is 5.24. The van der Waals surface area contributed by atoms with Crippen LogP contribution in [-0.4, -0.2) is 35.7 Å². The predicted molar refractivity (Wildman–Crippen MR) is 63.7 cm³/mol. The first kappa shape index (κ1) is 13.9. The van der Waals surface area contributed by atoms with Gasteiger partial charge in [0.15, 0.2) is 5.75 Å². The number of hydrogen-bond acceptors (Lipinski definition) is 5. The van der Waals surface area contributed by atoms with Gasteiger partial charge in [0.05, 0.1) is 18.1 Å². The third-order valence-corrected chi connectivity index (χ3v) is 2.20. The van der Waals surface area contributed by atoms with Crippen LogP contribution in [0.5, 0.6) is 5.75 Å². The Morgan fingerprint density at radius 1 is 1.61 bits per heavy atom. The number of carbonyl (C=O) groups is 1. The number of nitro benzene ring substituents is 1. The van der Waals surface area contributed by atoms with E-state index in [1.165, 1.54) is 26.2 Å². The maximum Gasteiger partial charge on any atom is 0.311 e. The summed E-state index contributed by atoms with van der Waals surface area (Å²) in [6.45, 7) is 1.61. The molecule has 0 aromatic heterocycles. The van der Waals surface area contributed by atoms with E-state index in [-0.39, 0.29) is 23.5 Å². The van der Waals surface area contributed by atoms with Crippen molar-refractivity contribution in [2.75, 3.05) is 13.7 Å². The van der Waals surface area contributed by atoms with Crippen molar-refractivity contribution in [3.63, 3.8) is 0 Å². The number of hydrogen-bond donors (Lipinski definition) is 2. The van der Waals surface area contributed by atoms with E-state index in [1.807, 2.05) is 0 Å². The van der Waals surface area contributed by atoms with Crippen molar-refractivity contribution in [2.24, 2.45) is 0 Å². The van der Waals surface area contributed by atoms with Gasteiger partial charge in [-0.1, -0.05) is 0 Å². The molecule has 0 heterocycles. The summed E-state index contributed by atoms with van der Waals surface area (Å²) >= 11 is 0. The third kappa shape index (κ3) is 3.42. The number of ether oxygens (including phenoxy) is 1. The van der Waals surface area contributed by atoms with Gasteiger partial charge in [0.25, 0.3) is 5.91 Å². The van der Waals surface area contributed by atoms with Crippen molar-refractivity contribution in [3.8, 4) is 5.75 Å². The van der Waals surface area contributed by atoms with Gasteiger partial charge in [-0.25, -0.2) is 0 Å². The van der Waals surface area contributed by atoms with Gasteiger partial charge in [-0.15, -0.1) is 0 Å². The Kier molecular flexibility index (Phi) is 4.61. The second-order valence-corrected chi connectivity index (χ2v) is 3.70. The summed E-state index contributed by atoms with van der Waals surface area (Å²) in [5, 5.41) is 22.3. The average molecular weight is 254 g/mol. The number of nitrogens with zero attached hydrogens (tertiary/aromatic N) is 1. The molecule has 0 saturated heterocycles. The normalized spacial score (nSPS) is 11.7. The van der Waals surface area contributed by atoms with E-state index in [0.717, 1.165) is 6.07 Å².